The molecule has 0 aromatic carbocycles. The fraction of sp³-hybridized carbons (Fsp3) is 0.429. The Morgan fingerprint density at radius 2 is 2.23 bits per heavy atom. The van der Waals surface area contributed by atoms with E-state index in [1.54, 1.807) is 0 Å². The average Bonchev–Trinajstić information content (AvgIpc) is 2.16. The molecule has 0 bridgehead atoms. The Labute approximate surface area is 89.0 Å². The van der Waals surface area contributed by atoms with E-state index in [0.29, 0.717) is 5.33 Å². The van der Waals surface area contributed by atoms with Gasteiger partial charge in [-0.25, -0.2) is 9.97 Å². The molecule has 1 rings (SSSR count). The average molecular weight is 268 g/mol. The minimum atomic E-state index is -0.571. The molecule has 0 radical (unpaired) electrons. The first-order chi connectivity index (χ1) is 6.24. The van der Waals surface area contributed by atoms with Gasteiger partial charge in [0.1, 0.15) is 6.61 Å². The van der Waals surface area contributed by atoms with E-state index >= 15 is 0 Å². The molecule has 0 fully saturated rings. The molecule has 0 aliphatic heterocycles. The second kappa shape index (κ2) is 5.36. The van der Waals surface area contributed by atoms with Crippen LogP contribution in [0.2, 0.25) is 5.15 Å². The zero-order valence-electron chi connectivity index (χ0n) is 6.65. The summed E-state index contributed by atoms with van der Waals surface area (Å²) in [4.78, 5) is 7.61. The molecule has 13 heavy (non-hydrogen) atoms. The summed E-state index contributed by atoms with van der Waals surface area (Å²) in [5.41, 5.74) is 0. The molecular weight excluding hydrogens is 259 g/mol. The molecular formula is C7H8BrClN2O2. The highest BCUT2D eigenvalue weighted by Crippen LogP contribution is 2.16. The summed E-state index contributed by atoms with van der Waals surface area (Å²) in [7, 11) is 0. The van der Waals surface area contributed by atoms with Crippen LogP contribution in [-0.2, 0) is 0 Å². The highest BCUT2D eigenvalue weighted by molar-refractivity contribution is 9.09. The first kappa shape index (κ1) is 10.7. The third-order valence-corrected chi connectivity index (χ3v) is 2.22. The Balaban J connectivity index is 2.50. The van der Waals surface area contributed by atoms with Gasteiger partial charge in [-0.15, -0.1) is 0 Å². The third kappa shape index (κ3) is 3.46. The monoisotopic (exact) mass is 266 g/mol. The maximum Gasteiger partial charge on any atom is 0.252 e. The Hall–Kier alpha value is -0.390. The van der Waals surface area contributed by atoms with E-state index in [-0.39, 0.29) is 17.6 Å². The van der Waals surface area contributed by atoms with E-state index in [1.165, 1.54) is 12.4 Å². The predicted molar refractivity (Wildman–Crippen MR) is 52.3 cm³/mol. The van der Waals surface area contributed by atoms with Crippen molar-refractivity contribution in [2.75, 3.05) is 11.9 Å². The number of ether oxygens (including phenoxy) is 1. The van der Waals surface area contributed by atoms with Crippen LogP contribution in [0.5, 0.6) is 5.88 Å². The second-order valence-electron chi connectivity index (χ2n) is 2.27. The lowest BCUT2D eigenvalue weighted by Gasteiger charge is -2.08. The number of alkyl halides is 1. The molecule has 0 amide bonds. The first-order valence-electron chi connectivity index (χ1n) is 3.57. The van der Waals surface area contributed by atoms with Crippen molar-refractivity contribution in [1.82, 2.24) is 9.97 Å². The molecule has 0 aliphatic rings. The quantitative estimate of drug-likeness (QED) is 0.835. The van der Waals surface area contributed by atoms with Gasteiger partial charge in [0.05, 0.1) is 6.10 Å². The maximum atomic E-state index is 9.15. The smallest absolute Gasteiger partial charge is 0.252 e. The van der Waals surface area contributed by atoms with Gasteiger partial charge in [-0.2, -0.15) is 0 Å². The topological polar surface area (TPSA) is 55.2 Å². The number of halogens is 2. The zero-order chi connectivity index (χ0) is 9.68. The predicted octanol–water partition coefficient (Wildman–Crippen LogP) is 1.26. The Bertz CT molecular complexity index is 274. The highest BCUT2D eigenvalue weighted by atomic mass is 79.9. The van der Waals surface area contributed by atoms with Crippen LogP contribution in [0.3, 0.4) is 0 Å². The summed E-state index contributed by atoms with van der Waals surface area (Å²) in [5, 5.41) is 9.79. The number of hydrogen-bond acceptors (Lipinski definition) is 4. The molecule has 1 unspecified atom stereocenters. The number of aliphatic hydroxyl groups is 1. The first-order valence-corrected chi connectivity index (χ1v) is 5.07. The third-order valence-electron chi connectivity index (χ3n) is 1.21. The van der Waals surface area contributed by atoms with Gasteiger partial charge in [-0.3, -0.25) is 0 Å². The van der Waals surface area contributed by atoms with Gasteiger partial charge in [0.15, 0.2) is 5.15 Å². The van der Waals surface area contributed by atoms with Gasteiger partial charge < -0.3 is 9.84 Å². The number of nitrogens with zero attached hydrogens (tertiary/aromatic N) is 2. The maximum absolute atomic E-state index is 9.15. The minimum Gasteiger partial charge on any atom is -0.473 e. The number of aromatic nitrogens is 2. The summed E-state index contributed by atoms with van der Waals surface area (Å²) in [6.07, 6.45) is 2.37. The van der Waals surface area contributed by atoms with Crippen LogP contribution in [0.15, 0.2) is 12.4 Å². The summed E-state index contributed by atoms with van der Waals surface area (Å²) in [5.74, 6) is 0.240. The van der Waals surface area contributed by atoms with Crippen LogP contribution in [-0.4, -0.2) is 33.1 Å². The fourth-order valence-corrected chi connectivity index (χ4v) is 0.971. The minimum absolute atomic E-state index is 0.143. The molecule has 1 aromatic heterocycles. The van der Waals surface area contributed by atoms with Gasteiger partial charge in [0.25, 0.3) is 5.88 Å². The van der Waals surface area contributed by atoms with Crippen molar-refractivity contribution in [3.63, 3.8) is 0 Å². The lowest BCUT2D eigenvalue weighted by Crippen LogP contribution is -2.19. The van der Waals surface area contributed by atoms with Crippen LogP contribution in [0.4, 0.5) is 0 Å². The normalized spacial score (nSPS) is 12.5. The molecule has 0 saturated heterocycles. The Morgan fingerprint density at radius 3 is 2.85 bits per heavy atom. The van der Waals surface area contributed by atoms with Crippen molar-refractivity contribution in [2.24, 2.45) is 0 Å². The van der Waals surface area contributed by atoms with Crippen molar-refractivity contribution in [3.8, 4) is 5.88 Å². The van der Waals surface area contributed by atoms with Crippen LogP contribution < -0.4 is 4.74 Å². The largest absolute Gasteiger partial charge is 0.473 e. The zero-order valence-corrected chi connectivity index (χ0v) is 8.99. The summed E-state index contributed by atoms with van der Waals surface area (Å²) >= 11 is 8.77. The molecule has 4 nitrogen and oxygen atoms in total. The molecule has 0 aliphatic carbocycles. The van der Waals surface area contributed by atoms with Gasteiger partial charge in [-0.05, 0) is 0 Å². The number of aliphatic hydroxyl groups excluding tert-OH is 1. The van der Waals surface area contributed by atoms with E-state index in [4.69, 9.17) is 21.4 Å². The van der Waals surface area contributed by atoms with E-state index < -0.39 is 6.10 Å². The molecule has 6 heteroatoms. The molecule has 72 valence electrons. The lowest BCUT2D eigenvalue weighted by atomic mass is 10.4. The van der Waals surface area contributed by atoms with Gasteiger partial charge >= 0.3 is 0 Å². The standard InChI is InChI=1S/C7H8BrClN2O2/c8-3-5(12)4-13-7-6(9)10-1-2-11-7/h1-2,5,12H,3-4H2. The van der Waals surface area contributed by atoms with Gasteiger partial charge in [-0.1, -0.05) is 27.5 Å². The number of hydrogen-bond donors (Lipinski definition) is 1. The summed E-state index contributed by atoms with van der Waals surface area (Å²) in [6, 6.07) is 0. The summed E-state index contributed by atoms with van der Waals surface area (Å²) < 4.78 is 5.10. The summed E-state index contributed by atoms with van der Waals surface area (Å²) in [6.45, 7) is 0.143. The van der Waals surface area contributed by atoms with E-state index in [2.05, 4.69) is 25.9 Å². The number of rotatable bonds is 4. The van der Waals surface area contributed by atoms with E-state index in [9.17, 15) is 0 Å². The molecule has 0 saturated carbocycles. The molecule has 1 atom stereocenters. The van der Waals surface area contributed by atoms with Crippen molar-refractivity contribution in [3.05, 3.63) is 17.5 Å². The van der Waals surface area contributed by atoms with Crippen LogP contribution in [0, 0.1) is 0 Å². The highest BCUT2D eigenvalue weighted by Gasteiger charge is 2.06. The SMILES string of the molecule is OC(CBr)COc1nccnc1Cl. The fourth-order valence-electron chi connectivity index (χ4n) is 0.625. The Morgan fingerprint density at radius 1 is 1.54 bits per heavy atom. The van der Waals surface area contributed by atoms with Gasteiger partial charge in [0, 0.05) is 17.7 Å². The van der Waals surface area contributed by atoms with Crippen molar-refractivity contribution >= 4 is 27.5 Å². The molecule has 1 aromatic rings. The molecule has 0 spiro atoms. The molecule has 1 heterocycles. The van der Waals surface area contributed by atoms with Crippen LogP contribution >= 0.6 is 27.5 Å². The van der Waals surface area contributed by atoms with Crippen molar-refractivity contribution in [1.29, 1.82) is 0 Å². The van der Waals surface area contributed by atoms with Crippen LogP contribution in [0.1, 0.15) is 0 Å². The lowest BCUT2D eigenvalue weighted by molar-refractivity contribution is 0.124. The van der Waals surface area contributed by atoms with E-state index in [1.807, 2.05) is 0 Å². The van der Waals surface area contributed by atoms with Crippen molar-refractivity contribution in [2.45, 2.75) is 6.10 Å². The Kier molecular flexibility index (Phi) is 4.41. The molecule has 1 N–H and O–H groups in total. The van der Waals surface area contributed by atoms with Gasteiger partial charge in [0.2, 0.25) is 0 Å². The van der Waals surface area contributed by atoms with E-state index in [0.717, 1.165) is 0 Å². The van der Waals surface area contributed by atoms with Crippen LogP contribution in [0.25, 0.3) is 0 Å². The second-order valence-corrected chi connectivity index (χ2v) is 3.28. The van der Waals surface area contributed by atoms with Crippen molar-refractivity contribution < 1.29 is 9.84 Å².